The van der Waals surface area contributed by atoms with Crippen LogP contribution < -0.4 is 9.47 Å². The quantitative estimate of drug-likeness (QED) is 0.770. The molecule has 0 N–H and O–H groups in total. The van der Waals surface area contributed by atoms with E-state index in [1.54, 1.807) is 31.2 Å². The van der Waals surface area contributed by atoms with Crippen LogP contribution in [-0.4, -0.2) is 24.2 Å². The van der Waals surface area contributed by atoms with E-state index in [0.29, 0.717) is 18.1 Å². The predicted molar refractivity (Wildman–Crippen MR) is 61.9 cm³/mol. The molecule has 1 aromatic carbocycles. The fourth-order valence-corrected chi connectivity index (χ4v) is 1.23. The summed E-state index contributed by atoms with van der Waals surface area (Å²) < 4.78 is 47.0. The van der Waals surface area contributed by atoms with Crippen molar-refractivity contribution in [2.45, 2.75) is 17.9 Å². The maximum absolute atomic E-state index is 12.2. The van der Waals surface area contributed by atoms with Gasteiger partial charge in [-0.15, -0.1) is 0 Å². The van der Waals surface area contributed by atoms with Gasteiger partial charge in [-0.25, -0.2) is 0 Å². The molecule has 6 heteroatoms. The Morgan fingerprint density at radius 1 is 1.18 bits per heavy atom. The average Bonchev–Trinajstić information content (AvgIpc) is 2.26. The van der Waals surface area contributed by atoms with Gasteiger partial charge in [-0.05, 0) is 19.1 Å². The smallest absolute Gasteiger partial charge is 0.404 e. The van der Waals surface area contributed by atoms with Crippen molar-refractivity contribution in [1.29, 1.82) is 0 Å². The Balaban J connectivity index is 2.63. The third-order valence-corrected chi connectivity index (χ3v) is 2.67. The van der Waals surface area contributed by atoms with Gasteiger partial charge >= 0.3 is 6.18 Å². The Hall–Kier alpha value is -0.910. The van der Waals surface area contributed by atoms with Gasteiger partial charge in [0.05, 0.1) is 6.61 Å². The van der Waals surface area contributed by atoms with Crippen LogP contribution in [0.5, 0.6) is 11.5 Å². The van der Waals surface area contributed by atoms with E-state index in [1.165, 1.54) is 0 Å². The highest BCUT2D eigenvalue weighted by molar-refractivity contribution is 9.09. The summed E-state index contributed by atoms with van der Waals surface area (Å²) in [5.41, 5.74) is 0. The number of halogens is 4. The van der Waals surface area contributed by atoms with E-state index in [2.05, 4.69) is 15.9 Å². The van der Waals surface area contributed by atoms with Crippen molar-refractivity contribution in [3.63, 3.8) is 0 Å². The van der Waals surface area contributed by atoms with Crippen molar-refractivity contribution >= 4 is 15.9 Å². The molecule has 96 valence electrons. The second-order valence-electron chi connectivity index (χ2n) is 3.20. The van der Waals surface area contributed by atoms with Crippen LogP contribution in [0, 0.1) is 0 Å². The lowest BCUT2D eigenvalue weighted by Crippen LogP contribution is -2.28. The molecule has 2 nitrogen and oxygen atoms in total. The van der Waals surface area contributed by atoms with Gasteiger partial charge in [0.2, 0.25) is 0 Å². The summed E-state index contributed by atoms with van der Waals surface area (Å²) in [6.45, 7) is 1.73. The molecule has 0 saturated carbocycles. The zero-order valence-corrected chi connectivity index (χ0v) is 10.7. The minimum Gasteiger partial charge on any atom is -0.490 e. The minimum absolute atomic E-state index is 0.308. The lowest BCUT2D eigenvalue weighted by atomic mass is 10.3. The Kier molecular flexibility index (Phi) is 5.11. The van der Waals surface area contributed by atoms with Crippen LogP contribution in [-0.2, 0) is 0 Å². The average molecular weight is 313 g/mol. The van der Waals surface area contributed by atoms with Crippen LogP contribution in [0.2, 0.25) is 0 Å². The lowest BCUT2D eigenvalue weighted by Gasteiger charge is -2.16. The monoisotopic (exact) mass is 312 g/mol. The number of ether oxygens (including phenoxy) is 2. The first-order valence-corrected chi connectivity index (χ1v) is 5.92. The number of rotatable bonds is 5. The third kappa shape index (κ3) is 4.46. The van der Waals surface area contributed by atoms with Gasteiger partial charge in [0, 0.05) is 0 Å². The topological polar surface area (TPSA) is 18.5 Å². The molecule has 0 bridgehead atoms. The number of para-hydroxylation sites is 2. The van der Waals surface area contributed by atoms with Gasteiger partial charge in [0.1, 0.15) is 11.4 Å². The Morgan fingerprint density at radius 2 is 1.71 bits per heavy atom. The van der Waals surface area contributed by atoms with E-state index >= 15 is 0 Å². The third-order valence-electron chi connectivity index (χ3n) is 1.89. The number of hydrogen-bond acceptors (Lipinski definition) is 2. The molecule has 0 aromatic heterocycles. The van der Waals surface area contributed by atoms with E-state index in [-0.39, 0.29) is 0 Å². The Morgan fingerprint density at radius 3 is 2.18 bits per heavy atom. The normalized spacial score (nSPS) is 13.2. The van der Waals surface area contributed by atoms with Crippen LogP contribution in [0.25, 0.3) is 0 Å². The first kappa shape index (κ1) is 14.2. The zero-order chi connectivity index (χ0) is 12.9. The van der Waals surface area contributed by atoms with E-state index in [4.69, 9.17) is 9.47 Å². The summed E-state index contributed by atoms with van der Waals surface area (Å²) >= 11 is 2.53. The molecule has 1 atom stereocenters. The fraction of sp³-hybridized carbons (Fsp3) is 0.455. The molecular formula is C11H12BrF3O2. The molecule has 0 radical (unpaired) electrons. The van der Waals surface area contributed by atoms with Crippen LogP contribution in [0.4, 0.5) is 13.2 Å². The van der Waals surface area contributed by atoms with Gasteiger partial charge in [0.15, 0.2) is 11.5 Å². The van der Waals surface area contributed by atoms with Crippen molar-refractivity contribution in [3.8, 4) is 11.5 Å². The molecule has 0 amide bonds. The SMILES string of the molecule is CCOc1ccccc1OCC(Br)C(F)(F)F. The van der Waals surface area contributed by atoms with Crippen LogP contribution in [0.3, 0.4) is 0 Å². The summed E-state index contributed by atoms with van der Waals surface area (Å²) in [5, 5.41) is 0. The molecule has 1 unspecified atom stereocenters. The standard InChI is InChI=1S/C11H12BrF3O2/c1-2-16-8-5-3-4-6-9(8)17-7-10(12)11(13,14)15/h3-6,10H,2,7H2,1H3. The maximum Gasteiger partial charge on any atom is 0.404 e. The summed E-state index contributed by atoms with van der Waals surface area (Å²) in [6, 6.07) is 6.62. The molecule has 0 aliphatic carbocycles. The van der Waals surface area contributed by atoms with Gasteiger partial charge in [0.25, 0.3) is 0 Å². The summed E-state index contributed by atoms with van der Waals surface area (Å²) in [5.74, 6) is 0.750. The highest BCUT2D eigenvalue weighted by Crippen LogP contribution is 2.30. The second kappa shape index (κ2) is 6.14. The molecule has 0 saturated heterocycles. The van der Waals surface area contributed by atoms with E-state index in [0.717, 1.165) is 0 Å². The molecular weight excluding hydrogens is 301 g/mol. The largest absolute Gasteiger partial charge is 0.490 e. The van der Waals surface area contributed by atoms with Crippen molar-refractivity contribution in [2.75, 3.05) is 13.2 Å². The van der Waals surface area contributed by atoms with Crippen molar-refractivity contribution in [2.24, 2.45) is 0 Å². The Labute approximate surface area is 106 Å². The molecule has 0 spiro atoms. The van der Waals surface area contributed by atoms with Gasteiger partial charge < -0.3 is 9.47 Å². The Bertz CT molecular complexity index is 355. The van der Waals surface area contributed by atoms with Gasteiger partial charge in [-0.2, -0.15) is 13.2 Å². The molecule has 0 aliphatic rings. The first-order valence-electron chi connectivity index (χ1n) is 5.00. The van der Waals surface area contributed by atoms with E-state index < -0.39 is 17.6 Å². The highest BCUT2D eigenvalue weighted by atomic mass is 79.9. The maximum atomic E-state index is 12.2. The highest BCUT2D eigenvalue weighted by Gasteiger charge is 2.38. The first-order chi connectivity index (χ1) is 7.95. The summed E-state index contributed by atoms with van der Waals surface area (Å²) in [4.78, 5) is -1.69. The van der Waals surface area contributed by atoms with Crippen molar-refractivity contribution in [1.82, 2.24) is 0 Å². The van der Waals surface area contributed by atoms with Crippen LogP contribution >= 0.6 is 15.9 Å². The van der Waals surface area contributed by atoms with E-state index in [9.17, 15) is 13.2 Å². The molecule has 1 rings (SSSR count). The van der Waals surface area contributed by atoms with Gasteiger partial charge in [-0.1, -0.05) is 28.1 Å². The molecule has 0 fully saturated rings. The fourth-order valence-electron chi connectivity index (χ4n) is 1.10. The predicted octanol–water partition coefficient (Wildman–Crippen LogP) is 3.79. The van der Waals surface area contributed by atoms with E-state index in [1.807, 2.05) is 0 Å². The lowest BCUT2D eigenvalue weighted by molar-refractivity contribution is -0.132. The number of alkyl halides is 4. The molecule has 0 aliphatic heterocycles. The van der Waals surface area contributed by atoms with Crippen molar-refractivity contribution < 1.29 is 22.6 Å². The van der Waals surface area contributed by atoms with Crippen molar-refractivity contribution in [3.05, 3.63) is 24.3 Å². The van der Waals surface area contributed by atoms with Crippen LogP contribution in [0.15, 0.2) is 24.3 Å². The summed E-state index contributed by atoms with van der Waals surface area (Å²) in [7, 11) is 0. The second-order valence-corrected chi connectivity index (χ2v) is 4.31. The zero-order valence-electron chi connectivity index (χ0n) is 9.13. The number of hydrogen-bond donors (Lipinski definition) is 0. The minimum atomic E-state index is -4.32. The molecule has 0 heterocycles. The molecule has 1 aromatic rings. The van der Waals surface area contributed by atoms with Crippen LogP contribution in [0.1, 0.15) is 6.92 Å². The molecule has 17 heavy (non-hydrogen) atoms. The van der Waals surface area contributed by atoms with Gasteiger partial charge in [-0.3, -0.25) is 0 Å². The number of benzene rings is 1. The summed E-state index contributed by atoms with van der Waals surface area (Å²) in [6.07, 6.45) is -4.32.